The van der Waals surface area contributed by atoms with Crippen molar-refractivity contribution in [3.05, 3.63) is 94.0 Å². The highest BCUT2D eigenvalue weighted by molar-refractivity contribution is 7.92. The van der Waals surface area contributed by atoms with Gasteiger partial charge in [0.25, 0.3) is 10.0 Å². The third kappa shape index (κ3) is 8.33. The number of carbonyl (C=O) groups excluding carboxylic acids is 2. The normalized spacial score (nSPS) is 12.0. The molecule has 3 rings (SSSR count). The predicted molar refractivity (Wildman–Crippen MR) is 166 cm³/mol. The molecule has 3 aromatic carbocycles. The Bertz CT molecular complexity index is 1460. The maximum atomic E-state index is 14.2. The van der Waals surface area contributed by atoms with E-state index in [1.807, 2.05) is 52.0 Å². The van der Waals surface area contributed by atoms with Crippen LogP contribution >= 0.6 is 11.6 Å². The molecule has 0 radical (unpaired) electrons. The molecule has 9 heteroatoms. The molecule has 0 fully saturated rings. The van der Waals surface area contributed by atoms with Crippen LogP contribution in [0.15, 0.2) is 71.6 Å². The van der Waals surface area contributed by atoms with Crippen LogP contribution in [0.4, 0.5) is 5.69 Å². The lowest BCUT2D eigenvalue weighted by Gasteiger charge is -2.33. The topological polar surface area (TPSA) is 86.8 Å². The standard InChI is InChI=1S/C32H40ClN3O4S/c1-6-8-18-34-32(38)29(7-2)35(21-26-11-9-10-24(4)19-26)31(37)22-36(30-17-14-27(33)20-25(30)5)41(39,40)28-15-12-23(3)13-16-28/h9-17,19-20,29H,6-8,18,21-22H2,1-5H3,(H,34,38). The van der Waals surface area contributed by atoms with Crippen molar-refractivity contribution < 1.29 is 18.0 Å². The molecule has 2 amide bonds. The van der Waals surface area contributed by atoms with Crippen molar-refractivity contribution in [1.29, 1.82) is 0 Å². The minimum absolute atomic E-state index is 0.0693. The molecule has 0 bridgehead atoms. The molecule has 3 aromatic rings. The van der Waals surface area contributed by atoms with E-state index in [4.69, 9.17) is 11.6 Å². The smallest absolute Gasteiger partial charge is 0.264 e. The van der Waals surface area contributed by atoms with Crippen LogP contribution < -0.4 is 9.62 Å². The lowest BCUT2D eigenvalue weighted by Crippen LogP contribution is -2.52. The number of unbranched alkanes of at least 4 members (excludes halogenated alkanes) is 1. The van der Waals surface area contributed by atoms with Gasteiger partial charge in [-0.25, -0.2) is 8.42 Å². The molecule has 0 saturated heterocycles. The maximum absolute atomic E-state index is 14.2. The zero-order chi connectivity index (χ0) is 30.2. The van der Waals surface area contributed by atoms with Gasteiger partial charge in [0.15, 0.2) is 0 Å². The summed E-state index contributed by atoms with van der Waals surface area (Å²) in [6.45, 7) is 9.68. The molecule has 41 heavy (non-hydrogen) atoms. The first-order chi connectivity index (χ1) is 19.5. The van der Waals surface area contributed by atoms with Crippen LogP contribution in [0.1, 0.15) is 55.4 Å². The molecule has 1 atom stereocenters. The Kier molecular flexibility index (Phi) is 11.4. The van der Waals surface area contributed by atoms with Crippen LogP contribution in [-0.2, 0) is 26.2 Å². The van der Waals surface area contributed by atoms with E-state index in [1.165, 1.54) is 17.0 Å². The summed E-state index contributed by atoms with van der Waals surface area (Å²) in [4.78, 5) is 29.0. The lowest BCUT2D eigenvalue weighted by atomic mass is 10.1. The van der Waals surface area contributed by atoms with Gasteiger partial charge < -0.3 is 10.2 Å². The molecular formula is C32H40ClN3O4S. The van der Waals surface area contributed by atoms with E-state index >= 15 is 0 Å². The van der Waals surface area contributed by atoms with Crippen molar-refractivity contribution >= 4 is 39.1 Å². The van der Waals surface area contributed by atoms with Crippen molar-refractivity contribution in [3.8, 4) is 0 Å². The minimum Gasteiger partial charge on any atom is -0.354 e. The fraction of sp³-hybridized carbons (Fsp3) is 0.375. The first kappa shape index (κ1) is 32.2. The van der Waals surface area contributed by atoms with Crippen molar-refractivity contribution in [2.24, 2.45) is 0 Å². The summed E-state index contributed by atoms with van der Waals surface area (Å²) in [6.07, 6.45) is 2.13. The van der Waals surface area contributed by atoms with Gasteiger partial charge in [0, 0.05) is 18.1 Å². The Balaban J connectivity index is 2.07. The van der Waals surface area contributed by atoms with E-state index in [-0.39, 0.29) is 17.3 Å². The highest BCUT2D eigenvalue weighted by Crippen LogP contribution is 2.29. The van der Waals surface area contributed by atoms with E-state index in [1.54, 1.807) is 37.3 Å². The minimum atomic E-state index is -4.14. The quantitative estimate of drug-likeness (QED) is 0.238. The van der Waals surface area contributed by atoms with Gasteiger partial charge in [-0.1, -0.05) is 79.4 Å². The Morgan fingerprint density at radius 3 is 2.24 bits per heavy atom. The van der Waals surface area contributed by atoms with Gasteiger partial charge in [-0.2, -0.15) is 0 Å². The third-order valence-electron chi connectivity index (χ3n) is 6.97. The second-order valence-electron chi connectivity index (χ2n) is 10.3. The van der Waals surface area contributed by atoms with E-state index < -0.39 is 28.5 Å². The van der Waals surface area contributed by atoms with Gasteiger partial charge in [0.05, 0.1) is 10.6 Å². The van der Waals surface area contributed by atoms with Crippen LogP contribution in [0.25, 0.3) is 0 Å². The first-order valence-electron chi connectivity index (χ1n) is 14.0. The van der Waals surface area contributed by atoms with Crippen LogP contribution in [0, 0.1) is 20.8 Å². The number of halogens is 1. The van der Waals surface area contributed by atoms with E-state index in [9.17, 15) is 18.0 Å². The fourth-order valence-corrected chi connectivity index (χ4v) is 6.39. The summed E-state index contributed by atoms with van der Waals surface area (Å²) < 4.78 is 29.2. The summed E-state index contributed by atoms with van der Waals surface area (Å²) in [5.74, 6) is -0.730. The molecule has 0 heterocycles. The van der Waals surface area contributed by atoms with Gasteiger partial charge in [-0.3, -0.25) is 13.9 Å². The summed E-state index contributed by atoms with van der Waals surface area (Å²) in [5.41, 5.74) is 3.75. The molecule has 0 saturated carbocycles. The van der Waals surface area contributed by atoms with Crippen molar-refractivity contribution in [2.75, 3.05) is 17.4 Å². The number of aryl methyl sites for hydroxylation is 3. The zero-order valence-electron chi connectivity index (χ0n) is 24.5. The Hall–Kier alpha value is -3.36. The van der Waals surface area contributed by atoms with Crippen LogP contribution in [0.2, 0.25) is 5.02 Å². The van der Waals surface area contributed by atoms with Crippen molar-refractivity contribution in [3.63, 3.8) is 0 Å². The molecule has 220 valence electrons. The molecular weight excluding hydrogens is 558 g/mol. The molecule has 0 aliphatic carbocycles. The second-order valence-corrected chi connectivity index (χ2v) is 12.6. The molecule has 1 unspecified atom stereocenters. The van der Waals surface area contributed by atoms with E-state index in [0.717, 1.165) is 33.8 Å². The van der Waals surface area contributed by atoms with Crippen LogP contribution in [-0.4, -0.2) is 44.3 Å². The molecule has 0 aliphatic rings. The number of anilines is 1. The Morgan fingerprint density at radius 1 is 0.927 bits per heavy atom. The fourth-order valence-electron chi connectivity index (χ4n) is 4.68. The third-order valence-corrected chi connectivity index (χ3v) is 8.98. The van der Waals surface area contributed by atoms with Crippen molar-refractivity contribution in [1.82, 2.24) is 10.2 Å². The predicted octanol–water partition coefficient (Wildman–Crippen LogP) is 6.18. The summed E-state index contributed by atoms with van der Waals surface area (Å²) in [5, 5.41) is 3.41. The second kappa shape index (κ2) is 14.5. The molecule has 0 aliphatic heterocycles. The first-order valence-corrected chi connectivity index (χ1v) is 15.8. The lowest BCUT2D eigenvalue weighted by molar-refractivity contribution is -0.140. The van der Waals surface area contributed by atoms with Gasteiger partial charge in [0.1, 0.15) is 12.6 Å². The number of hydrogen-bond donors (Lipinski definition) is 1. The number of benzene rings is 3. The number of rotatable bonds is 13. The largest absolute Gasteiger partial charge is 0.354 e. The number of nitrogens with one attached hydrogen (secondary N) is 1. The highest BCUT2D eigenvalue weighted by Gasteiger charge is 2.34. The number of hydrogen-bond acceptors (Lipinski definition) is 4. The summed E-state index contributed by atoms with van der Waals surface area (Å²) in [7, 11) is -4.14. The molecule has 1 N–H and O–H groups in total. The number of nitrogens with zero attached hydrogens (tertiary/aromatic N) is 2. The molecule has 7 nitrogen and oxygen atoms in total. The maximum Gasteiger partial charge on any atom is 0.264 e. The average molecular weight is 598 g/mol. The number of sulfonamides is 1. The summed E-state index contributed by atoms with van der Waals surface area (Å²) >= 11 is 6.19. The monoisotopic (exact) mass is 597 g/mol. The van der Waals surface area contributed by atoms with Gasteiger partial charge in [0.2, 0.25) is 11.8 Å². The van der Waals surface area contributed by atoms with E-state index in [0.29, 0.717) is 29.2 Å². The average Bonchev–Trinajstić information content (AvgIpc) is 2.92. The molecule has 0 aromatic heterocycles. The number of carbonyl (C=O) groups is 2. The van der Waals surface area contributed by atoms with E-state index in [2.05, 4.69) is 5.32 Å². The Morgan fingerprint density at radius 2 is 1.63 bits per heavy atom. The summed E-state index contributed by atoms with van der Waals surface area (Å²) in [6, 6.07) is 18.4. The van der Waals surface area contributed by atoms with Crippen LogP contribution in [0.3, 0.4) is 0 Å². The van der Waals surface area contributed by atoms with Gasteiger partial charge in [-0.15, -0.1) is 0 Å². The molecule has 0 spiro atoms. The van der Waals surface area contributed by atoms with Gasteiger partial charge in [-0.05, 0) is 75.1 Å². The number of amides is 2. The Labute approximate surface area is 249 Å². The SMILES string of the molecule is CCCCNC(=O)C(CC)N(Cc1cccc(C)c1)C(=O)CN(c1ccc(Cl)cc1C)S(=O)(=O)c1ccc(C)cc1. The van der Waals surface area contributed by atoms with Crippen molar-refractivity contribution in [2.45, 2.75) is 71.4 Å². The highest BCUT2D eigenvalue weighted by atomic mass is 35.5. The van der Waals surface area contributed by atoms with Crippen LogP contribution in [0.5, 0.6) is 0 Å². The van der Waals surface area contributed by atoms with Gasteiger partial charge >= 0.3 is 0 Å². The zero-order valence-corrected chi connectivity index (χ0v) is 26.1.